The molecule has 2 aliphatic rings. The van der Waals surface area contributed by atoms with Crippen molar-refractivity contribution >= 4 is 17.6 Å². The number of anilines is 1. The highest BCUT2D eigenvalue weighted by molar-refractivity contribution is 5.90. The molecule has 1 aromatic rings. The minimum atomic E-state index is -0.350. The molecular weight excluding hydrogens is 325 g/mol. The smallest absolute Gasteiger partial charge is 0.321 e. The second kappa shape index (κ2) is 7.82. The highest BCUT2D eigenvalue weighted by Crippen LogP contribution is 2.21. The number of carbonyl (C=O) groups is 2. The molecule has 1 atom stereocenters. The van der Waals surface area contributed by atoms with Crippen molar-refractivity contribution in [2.24, 2.45) is 5.92 Å². The molecule has 6 nitrogen and oxygen atoms in total. The van der Waals surface area contributed by atoms with Gasteiger partial charge in [0.05, 0.1) is 19.1 Å². The van der Waals surface area contributed by atoms with Crippen LogP contribution >= 0.6 is 0 Å². The third-order valence-corrected chi connectivity index (χ3v) is 4.80. The summed E-state index contributed by atoms with van der Waals surface area (Å²) < 4.78 is 18.9. The molecule has 3 rings (SSSR count). The quantitative estimate of drug-likeness (QED) is 0.891. The topological polar surface area (TPSA) is 61.9 Å². The van der Waals surface area contributed by atoms with E-state index in [1.54, 1.807) is 24.0 Å². The van der Waals surface area contributed by atoms with E-state index in [1.807, 2.05) is 4.90 Å². The van der Waals surface area contributed by atoms with Gasteiger partial charge in [0.25, 0.3) is 0 Å². The number of ether oxygens (including phenoxy) is 1. The Morgan fingerprint density at radius 2 is 1.96 bits per heavy atom. The van der Waals surface area contributed by atoms with Crippen LogP contribution in [0.5, 0.6) is 0 Å². The number of benzene rings is 1. The Labute approximate surface area is 146 Å². The number of morpholine rings is 1. The Bertz CT molecular complexity index is 646. The van der Waals surface area contributed by atoms with Crippen LogP contribution in [0.3, 0.4) is 0 Å². The summed E-state index contributed by atoms with van der Waals surface area (Å²) in [4.78, 5) is 28.5. The van der Waals surface area contributed by atoms with Gasteiger partial charge in [-0.05, 0) is 37.5 Å². The van der Waals surface area contributed by atoms with E-state index in [0.29, 0.717) is 50.6 Å². The number of carbonyl (C=O) groups excluding carboxylic acids is 2. The summed E-state index contributed by atoms with van der Waals surface area (Å²) in [6.45, 7) is 5.05. The highest BCUT2D eigenvalue weighted by atomic mass is 19.1. The van der Waals surface area contributed by atoms with Gasteiger partial charge in [0.2, 0.25) is 5.91 Å². The zero-order chi connectivity index (χ0) is 17.8. The normalized spacial score (nSPS) is 21.1. The lowest BCUT2D eigenvalue weighted by Gasteiger charge is -2.36. The first kappa shape index (κ1) is 17.7. The third-order valence-electron chi connectivity index (χ3n) is 4.80. The molecule has 2 heterocycles. The van der Waals surface area contributed by atoms with E-state index in [4.69, 9.17) is 4.74 Å². The second-order valence-electron chi connectivity index (χ2n) is 6.62. The van der Waals surface area contributed by atoms with E-state index >= 15 is 0 Å². The largest absolute Gasteiger partial charge is 0.378 e. The first-order valence-corrected chi connectivity index (χ1v) is 8.73. The number of rotatable bonds is 2. The van der Waals surface area contributed by atoms with Gasteiger partial charge < -0.3 is 19.9 Å². The average Bonchev–Trinajstić information content (AvgIpc) is 2.65. The Kier molecular flexibility index (Phi) is 5.53. The van der Waals surface area contributed by atoms with Crippen LogP contribution in [-0.2, 0) is 9.53 Å². The maximum Gasteiger partial charge on any atom is 0.321 e. The Morgan fingerprint density at radius 3 is 2.68 bits per heavy atom. The van der Waals surface area contributed by atoms with Gasteiger partial charge in [-0.15, -0.1) is 0 Å². The molecule has 0 bridgehead atoms. The molecule has 0 aromatic heterocycles. The molecule has 0 aliphatic carbocycles. The fourth-order valence-electron chi connectivity index (χ4n) is 3.28. The number of piperidine rings is 1. The first-order chi connectivity index (χ1) is 12.0. The van der Waals surface area contributed by atoms with Crippen molar-refractivity contribution in [3.63, 3.8) is 0 Å². The van der Waals surface area contributed by atoms with E-state index in [1.165, 1.54) is 6.07 Å². The number of urea groups is 1. The number of nitrogens with one attached hydrogen (secondary N) is 1. The summed E-state index contributed by atoms with van der Waals surface area (Å²) in [5.41, 5.74) is 0.960. The number of amides is 3. The minimum absolute atomic E-state index is 0.0992. The molecule has 1 aromatic carbocycles. The molecule has 136 valence electrons. The summed E-state index contributed by atoms with van der Waals surface area (Å²) >= 11 is 0. The first-order valence-electron chi connectivity index (χ1n) is 8.73. The van der Waals surface area contributed by atoms with Crippen LogP contribution in [0.1, 0.15) is 18.4 Å². The lowest BCUT2D eigenvalue weighted by atomic mass is 9.96. The van der Waals surface area contributed by atoms with Crippen LogP contribution in [0, 0.1) is 18.7 Å². The van der Waals surface area contributed by atoms with Crippen molar-refractivity contribution in [2.75, 3.05) is 44.7 Å². The Morgan fingerprint density at radius 1 is 1.20 bits per heavy atom. The summed E-state index contributed by atoms with van der Waals surface area (Å²) in [6.07, 6.45) is 1.58. The standard InChI is InChI=1S/C18H24FN3O3/c1-13-4-5-15(11-16(13)19)20-18(24)22-6-2-3-14(12-22)17(23)21-7-9-25-10-8-21/h4-5,11,14H,2-3,6-10,12H2,1H3,(H,20,24)/t14-/m0/s1. The van der Waals surface area contributed by atoms with Crippen LogP contribution in [0.25, 0.3) is 0 Å². The van der Waals surface area contributed by atoms with Crippen molar-refractivity contribution in [1.29, 1.82) is 0 Å². The SMILES string of the molecule is Cc1ccc(NC(=O)N2CCC[C@H](C(=O)N3CCOCC3)C2)cc1F. The average molecular weight is 349 g/mol. The third kappa shape index (κ3) is 4.28. The Balaban J connectivity index is 1.59. The van der Waals surface area contributed by atoms with Crippen LogP contribution in [0.2, 0.25) is 0 Å². The summed E-state index contributed by atoms with van der Waals surface area (Å²) in [7, 11) is 0. The fourth-order valence-corrected chi connectivity index (χ4v) is 3.28. The van der Waals surface area contributed by atoms with Crippen molar-refractivity contribution in [3.8, 4) is 0 Å². The zero-order valence-electron chi connectivity index (χ0n) is 14.5. The lowest BCUT2D eigenvalue weighted by Crippen LogP contribution is -2.50. The van der Waals surface area contributed by atoms with Crippen molar-refractivity contribution in [1.82, 2.24) is 9.80 Å². The van der Waals surface area contributed by atoms with Crippen molar-refractivity contribution in [2.45, 2.75) is 19.8 Å². The number of hydrogen-bond donors (Lipinski definition) is 1. The van der Waals surface area contributed by atoms with Crippen molar-refractivity contribution < 1.29 is 18.7 Å². The minimum Gasteiger partial charge on any atom is -0.378 e. The molecule has 3 amide bonds. The van der Waals surface area contributed by atoms with Gasteiger partial charge in [-0.3, -0.25) is 4.79 Å². The molecule has 0 saturated carbocycles. The van der Waals surface area contributed by atoms with Gasteiger partial charge in [-0.1, -0.05) is 6.07 Å². The number of hydrogen-bond acceptors (Lipinski definition) is 3. The summed E-state index contributed by atoms with van der Waals surface area (Å²) in [5.74, 6) is -0.425. The van der Waals surface area contributed by atoms with E-state index in [-0.39, 0.29) is 23.7 Å². The molecule has 1 N–H and O–H groups in total. The molecule has 7 heteroatoms. The molecule has 2 aliphatic heterocycles. The van der Waals surface area contributed by atoms with Gasteiger partial charge >= 0.3 is 6.03 Å². The molecule has 25 heavy (non-hydrogen) atoms. The Hall–Kier alpha value is -2.15. The van der Waals surface area contributed by atoms with E-state index in [9.17, 15) is 14.0 Å². The number of aryl methyl sites for hydroxylation is 1. The van der Waals surface area contributed by atoms with Gasteiger partial charge in [-0.2, -0.15) is 0 Å². The van der Waals surface area contributed by atoms with Gasteiger partial charge in [-0.25, -0.2) is 9.18 Å². The number of halogens is 1. The van der Waals surface area contributed by atoms with Crippen LogP contribution in [0.4, 0.5) is 14.9 Å². The van der Waals surface area contributed by atoms with Crippen molar-refractivity contribution in [3.05, 3.63) is 29.6 Å². The van der Waals surface area contributed by atoms with Crippen LogP contribution in [0.15, 0.2) is 18.2 Å². The molecule has 0 spiro atoms. The predicted molar refractivity (Wildman–Crippen MR) is 91.9 cm³/mol. The van der Waals surface area contributed by atoms with Gasteiger partial charge in [0.1, 0.15) is 5.82 Å². The predicted octanol–water partition coefficient (Wildman–Crippen LogP) is 2.24. The monoisotopic (exact) mass is 349 g/mol. The van der Waals surface area contributed by atoms with Crippen LogP contribution < -0.4 is 5.32 Å². The van der Waals surface area contributed by atoms with Crippen LogP contribution in [-0.4, -0.2) is 61.1 Å². The molecular formula is C18H24FN3O3. The lowest BCUT2D eigenvalue weighted by molar-refractivity contribution is -0.141. The molecule has 2 saturated heterocycles. The maximum atomic E-state index is 13.6. The maximum absolute atomic E-state index is 13.6. The van der Waals surface area contributed by atoms with Gasteiger partial charge in [0, 0.05) is 31.9 Å². The second-order valence-corrected chi connectivity index (χ2v) is 6.62. The summed E-state index contributed by atoms with van der Waals surface area (Å²) in [6, 6.07) is 4.33. The number of likely N-dealkylation sites (tertiary alicyclic amines) is 1. The van der Waals surface area contributed by atoms with E-state index in [0.717, 1.165) is 12.8 Å². The molecule has 0 radical (unpaired) electrons. The highest BCUT2D eigenvalue weighted by Gasteiger charge is 2.31. The zero-order valence-corrected chi connectivity index (χ0v) is 14.5. The molecule has 0 unspecified atom stereocenters. The fraction of sp³-hybridized carbons (Fsp3) is 0.556. The number of nitrogens with zero attached hydrogens (tertiary/aromatic N) is 2. The summed E-state index contributed by atoms with van der Waals surface area (Å²) in [5, 5.41) is 2.72. The van der Waals surface area contributed by atoms with Gasteiger partial charge in [0.15, 0.2) is 0 Å². The van der Waals surface area contributed by atoms with E-state index < -0.39 is 0 Å². The molecule has 2 fully saturated rings. The van der Waals surface area contributed by atoms with E-state index in [2.05, 4.69) is 5.32 Å².